The summed E-state index contributed by atoms with van der Waals surface area (Å²) in [6, 6.07) is 0. The van der Waals surface area contributed by atoms with Gasteiger partial charge in [-0.15, -0.1) is 0 Å². The highest BCUT2D eigenvalue weighted by molar-refractivity contribution is 6.03. The van der Waals surface area contributed by atoms with Crippen LogP contribution in [0.1, 0.15) is 47.0 Å². The lowest BCUT2D eigenvalue weighted by molar-refractivity contribution is -0.183. The van der Waals surface area contributed by atoms with Crippen LogP contribution in [0.3, 0.4) is 0 Å². The smallest absolute Gasteiger partial charge is 0.350 e. The summed E-state index contributed by atoms with van der Waals surface area (Å²) in [5.41, 5.74) is -1.11. The molecule has 1 N–H and O–H groups in total. The molecule has 2 atom stereocenters. The Balaban J connectivity index is 2.22. The lowest BCUT2D eigenvalue weighted by atomic mass is 9.48. The molecule has 0 saturated heterocycles. The van der Waals surface area contributed by atoms with Crippen molar-refractivity contribution in [1.29, 1.82) is 0 Å². The number of fused-ring (bicyclic) bond motifs is 1. The van der Waals surface area contributed by atoms with E-state index in [0.717, 1.165) is 18.4 Å². The zero-order valence-electron chi connectivity index (χ0n) is 13.8. The summed E-state index contributed by atoms with van der Waals surface area (Å²) < 4.78 is 9.80. The Morgan fingerprint density at radius 1 is 1.27 bits per heavy atom. The predicted octanol–water partition coefficient (Wildman–Crippen LogP) is 2.23. The molecule has 0 aliphatic heterocycles. The fourth-order valence-electron chi connectivity index (χ4n) is 3.70. The topological polar surface area (TPSA) is 72.8 Å². The first-order valence-corrected chi connectivity index (χ1v) is 8.03. The Bertz CT molecular complexity index is 473. The van der Waals surface area contributed by atoms with E-state index >= 15 is 0 Å². The van der Waals surface area contributed by atoms with Crippen LogP contribution in [0.15, 0.2) is 11.6 Å². The molecule has 0 aromatic rings. The Hall–Kier alpha value is -1.36. The molecule has 22 heavy (non-hydrogen) atoms. The molecule has 124 valence electrons. The molecule has 1 fully saturated rings. The van der Waals surface area contributed by atoms with Crippen molar-refractivity contribution >= 4 is 11.9 Å². The number of hydrogen-bond donors (Lipinski definition) is 1. The summed E-state index contributed by atoms with van der Waals surface area (Å²) in [6.07, 6.45) is 4.01. The van der Waals surface area contributed by atoms with Gasteiger partial charge in [0, 0.05) is 6.42 Å². The third-order valence-corrected chi connectivity index (χ3v) is 5.27. The molecule has 5 heteroatoms. The second-order valence-electron chi connectivity index (χ2n) is 6.80. The maximum Gasteiger partial charge on any atom is 0.350 e. The SMILES string of the molecule is CCOC(=O)C(O)(CC1=CCC2CC1C2(C)C)C(=O)OCC. The van der Waals surface area contributed by atoms with Crippen molar-refractivity contribution in [2.24, 2.45) is 17.3 Å². The second-order valence-corrected chi connectivity index (χ2v) is 6.80. The standard InChI is InChI=1S/C17H26O5/c1-5-21-14(18)17(20,15(19)22-6-2)10-11-7-8-12-9-13(11)16(12,3)4/h7,12-13,20H,5-6,8-10H2,1-4H3. The van der Waals surface area contributed by atoms with Crippen molar-refractivity contribution in [2.45, 2.75) is 52.6 Å². The quantitative estimate of drug-likeness (QED) is 0.463. The Kier molecular flexibility index (Phi) is 4.66. The van der Waals surface area contributed by atoms with Gasteiger partial charge in [-0.1, -0.05) is 25.5 Å². The van der Waals surface area contributed by atoms with Gasteiger partial charge in [-0.25, -0.2) is 9.59 Å². The maximum absolute atomic E-state index is 12.1. The van der Waals surface area contributed by atoms with E-state index in [1.54, 1.807) is 13.8 Å². The highest BCUT2D eigenvalue weighted by atomic mass is 16.6. The Labute approximate surface area is 131 Å². The van der Waals surface area contributed by atoms with Gasteiger partial charge in [0.1, 0.15) is 0 Å². The monoisotopic (exact) mass is 310 g/mol. The molecule has 2 bridgehead atoms. The van der Waals surface area contributed by atoms with Crippen molar-refractivity contribution in [3.63, 3.8) is 0 Å². The molecule has 5 nitrogen and oxygen atoms in total. The second kappa shape index (κ2) is 6.03. The van der Waals surface area contributed by atoms with Gasteiger partial charge in [0.2, 0.25) is 0 Å². The molecule has 3 rings (SSSR count). The van der Waals surface area contributed by atoms with Crippen LogP contribution in [0.5, 0.6) is 0 Å². The van der Waals surface area contributed by atoms with Crippen molar-refractivity contribution in [2.75, 3.05) is 13.2 Å². The number of aliphatic hydroxyl groups is 1. The van der Waals surface area contributed by atoms with E-state index < -0.39 is 17.5 Å². The zero-order valence-corrected chi connectivity index (χ0v) is 13.8. The fourth-order valence-corrected chi connectivity index (χ4v) is 3.70. The van der Waals surface area contributed by atoms with Gasteiger partial charge in [0.15, 0.2) is 0 Å². The largest absolute Gasteiger partial charge is 0.463 e. The van der Waals surface area contributed by atoms with Crippen LogP contribution in [-0.4, -0.2) is 35.9 Å². The minimum Gasteiger partial charge on any atom is -0.463 e. The van der Waals surface area contributed by atoms with E-state index in [-0.39, 0.29) is 25.0 Å². The average Bonchev–Trinajstić information content (AvgIpc) is 2.47. The molecule has 3 aliphatic rings. The first-order valence-electron chi connectivity index (χ1n) is 8.03. The van der Waals surface area contributed by atoms with Crippen LogP contribution >= 0.6 is 0 Å². The lowest BCUT2D eigenvalue weighted by Crippen LogP contribution is -2.53. The predicted molar refractivity (Wildman–Crippen MR) is 80.9 cm³/mol. The summed E-state index contributed by atoms with van der Waals surface area (Å²) >= 11 is 0. The van der Waals surface area contributed by atoms with Gasteiger partial charge in [0.05, 0.1) is 13.2 Å². The third-order valence-electron chi connectivity index (χ3n) is 5.27. The van der Waals surface area contributed by atoms with Gasteiger partial charge in [0.25, 0.3) is 5.60 Å². The Morgan fingerprint density at radius 3 is 2.23 bits per heavy atom. The van der Waals surface area contributed by atoms with Crippen molar-refractivity contribution in [1.82, 2.24) is 0 Å². The average molecular weight is 310 g/mol. The van der Waals surface area contributed by atoms with E-state index in [1.807, 2.05) is 0 Å². The molecule has 2 unspecified atom stereocenters. The number of ether oxygens (including phenoxy) is 2. The summed E-state index contributed by atoms with van der Waals surface area (Å²) in [7, 11) is 0. The van der Waals surface area contributed by atoms with E-state index in [1.165, 1.54) is 0 Å². The minimum atomic E-state index is -2.24. The van der Waals surface area contributed by atoms with Gasteiger partial charge in [-0.3, -0.25) is 0 Å². The highest BCUT2D eigenvalue weighted by Crippen LogP contribution is 2.60. The van der Waals surface area contributed by atoms with E-state index in [4.69, 9.17) is 9.47 Å². The Morgan fingerprint density at radius 2 is 1.82 bits per heavy atom. The van der Waals surface area contributed by atoms with Crippen molar-refractivity contribution in [3.8, 4) is 0 Å². The maximum atomic E-state index is 12.1. The molecule has 0 amide bonds. The van der Waals surface area contributed by atoms with Crippen LogP contribution in [0, 0.1) is 17.3 Å². The molecule has 0 radical (unpaired) electrons. The van der Waals surface area contributed by atoms with E-state index in [0.29, 0.717) is 11.8 Å². The third kappa shape index (κ3) is 2.67. The number of rotatable bonds is 6. The van der Waals surface area contributed by atoms with Crippen LogP contribution in [0.2, 0.25) is 0 Å². The van der Waals surface area contributed by atoms with Gasteiger partial charge in [-0.05, 0) is 43.9 Å². The van der Waals surface area contributed by atoms with Crippen LogP contribution < -0.4 is 0 Å². The fraction of sp³-hybridized carbons (Fsp3) is 0.765. The number of carbonyl (C=O) groups is 2. The number of allylic oxidation sites excluding steroid dienone is 1. The first-order chi connectivity index (χ1) is 10.3. The lowest BCUT2D eigenvalue weighted by Gasteiger charge is -2.57. The summed E-state index contributed by atoms with van der Waals surface area (Å²) in [6.45, 7) is 7.90. The first kappa shape index (κ1) is 17.0. The molecular formula is C17H26O5. The minimum absolute atomic E-state index is 0.0362. The molecule has 0 heterocycles. The summed E-state index contributed by atoms with van der Waals surface area (Å²) in [5, 5.41) is 10.7. The van der Waals surface area contributed by atoms with E-state index in [9.17, 15) is 14.7 Å². The van der Waals surface area contributed by atoms with Gasteiger partial charge < -0.3 is 14.6 Å². The number of esters is 2. The molecule has 1 saturated carbocycles. The molecule has 3 aliphatic carbocycles. The number of hydrogen-bond acceptors (Lipinski definition) is 5. The van der Waals surface area contributed by atoms with Crippen LogP contribution in [-0.2, 0) is 19.1 Å². The van der Waals surface area contributed by atoms with Crippen LogP contribution in [0.25, 0.3) is 0 Å². The normalized spacial score (nSPS) is 25.8. The molecule has 0 aromatic heterocycles. The van der Waals surface area contributed by atoms with Gasteiger partial charge >= 0.3 is 11.9 Å². The van der Waals surface area contributed by atoms with Crippen LogP contribution in [0.4, 0.5) is 0 Å². The number of carbonyl (C=O) groups excluding carboxylic acids is 2. The summed E-state index contributed by atoms with van der Waals surface area (Å²) in [4.78, 5) is 24.3. The summed E-state index contributed by atoms with van der Waals surface area (Å²) in [5.74, 6) is -0.886. The molecular weight excluding hydrogens is 284 g/mol. The molecule has 0 spiro atoms. The highest BCUT2D eigenvalue weighted by Gasteiger charge is 2.55. The van der Waals surface area contributed by atoms with Crippen molar-refractivity contribution < 1.29 is 24.2 Å². The van der Waals surface area contributed by atoms with Gasteiger partial charge in [-0.2, -0.15) is 0 Å². The molecule has 0 aromatic carbocycles. The zero-order chi connectivity index (χ0) is 16.5. The van der Waals surface area contributed by atoms with E-state index in [2.05, 4.69) is 19.9 Å². The van der Waals surface area contributed by atoms with Crippen molar-refractivity contribution in [3.05, 3.63) is 11.6 Å².